The van der Waals surface area contributed by atoms with Crippen molar-refractivity contribution in [3.8, 4) is 0 Å². The van der Waals surface area contributed by atoms with Crippen LogP contribution in [0.15, 0.2) is 47.3 Å². The molecule has 9 heteroatoms. The van der Waals surface area contributed by atoms with Crippen LogP contribution in [-0.2, 0) is 11.3 Å². The highest BCUT2D eigenvalue weighted by Crippen LogP contribution is 2.13. The van der Waals surface area contributed by atoms with Crippen LogP contribution in [0.25, 0.3) is 10.9 Å². The third-order valence-corrected chi connectivity index (χ3v) is 6.19. The molecule has 1 aliphatic heterocycles. The van der Waals surface area contributed by atoms with Gasteiger partial charge in [-0.3, -0.25) is 14.2 Å². The van der Waals surface area contributed by atoms with Gasteiger partial charge in [0.2, 0.25) is 0 Å². The van der Waals surface area contributed by atoms with Crippen LogP contribution in [0.2, 0.25) is 0 Å². The minimum absolute atomic E-state index is 0.109. The lowest BCUT2D eigenvalue weighted by atomic mass is 10.1. The molecule has 0 spiro atoms. The molecule has 0 atom stereocenters. The van der Waals surface area contributed by atoms with E-state index in [4.69, 9.17) is 17.0 Å². The SMILES string of the molecule is COC(=O)c1ccc2c(=O)n(Cc3ccc(C(=O)NCCN4CCCC4)cc3)c(=S)[nH]c2c1. The molecular weight excluding hydrogens is 440 g/mol. The number of nitrogens with one attached hydrogen (secondary N) is 2. The van der Waals surface area contributed by atoms with Crippen molar-refractivity contribution in [2.75, 3.05) is 33.3 Å². The minimum atomic E-state index is -0.486. The first-order chi connectivity index (χ1) is 16.0. The molecule has 33 heavy (non-hydrogen) atoms. The van der Waals surface area contributed by atoms with E-state index in [9.17, 15) is 14.4 Å². The van der Waals surface area contributed by atoms with Crippen LogP contribution in [0.4, 0.5) is 0 Å². The number of amides is 1. The molecule has 3 aromatic rings. The van der Waals surface area contributed by atoms with Crippen molar-refractivity contribution in [2.24, 2.45) is 0 Å². The van der Waals surface area contributed by atoms with Gasteiger partial charge in [0.25, 0.3) is 11.5 Å². The van der Waals surface area contributed by atoms with Gasteiger partial charge in [0.15, 0.2) is 4.77 Å². The number of aromatic nitrogens is 2. The zero-order chi connectivity index (χ0) is 23.4. The summed E-state index contributed by atoms with van der Waals surface area (Å²) < 4.78 is 6.43. The molecule has 1 aliphatic rings. The molecule has 0 bridgehead atoms. The first-order valence-corrected chi connectivity index (χ1v) is 11.3. The van der Waals surface area contributed by atoms with E-state index in [0.717, 1.165) is 25.2 Å². The summed E-state index contributed by atoms with van der Waals surface area (Å²) in [7, 11) is 1.30. The molecule has 0 unspecified atom stereocenters. The van der Waals surface area contributed by atoms with Crippen LogP contribution in [-0.4, -0.2) is 59.6 Å². The van der Waals surface area contributed by atoms with E-state index in [1.54, 1.807) is 30.3 Å². The van der Waals surface area contributed by atoms with Crippen molar-refractivity contribution >= 4 is 35.0 Å². The second-order valence-electron chi connectivity index (χ2n) is 8.07. The zero-order valence-electron chi connectivity index (χ0n) is 18.4. The second kappa shape index (κ2) is 10.1. The summed E-state index contributed by atoms with van der Waals surface area (Å²) in [5.41, 5.74) is 1.98. The van der Waals surface area contributed by atoms with Gasteiger partial charge < -0.3 is 19.9 Å². The van der Waals surface area contributed by atoms with E-state index in [0.29, 0.717) is 28.6 Å². The predicted octanol–water partition coefficient (Wildman–Crippen LogP) is 2.72. The standard InChI is InChI=1S/C24H26N4O4S/c1-32-23(31)18-8-9-19-20(14-18)26-24(33)28(22(19)30)15-16-4-6-17(7-5-16)21(29)25-10-13-27-11-2-3-12-27/h4-9,14H,2-3,10-13,15H2,1H3,(H,25,29)(H,26,33). The Labute approximate surface area is 196 Å². The highest BCUT2D eigenvalue weighted by atomic mass is 32.1. The van der Waals surface area contributed by atoms with Gasteiger partial charge in [-0.2, -0.15) is 0 Å². The molecule has 1 saturated heterocycles. The van der Waals surface area contributed by atoms with Crippen LogP contribution < -0.4 is 10.9 Å². The molecule has 4 rings (SSSR count). The van der Waals surface area contributed by atoms with Gasteiger partial charge >= 0.3 is 5.97 Å². The Kier molecular flexibility index (Phi) is 7.00. The molecule has 0 aliphatic carbocycles. The summed E-state index contributed by atoms with van der Waals surface area (Å²) >= 11 is 5.39. The maximum Gasteiger partial charge on any atom is 0.337 e. The summed E-state index contributed by atoms with van der Waals surface area (Å²) in [4.78, 5) is 42.5. The fourth-order valence-electron chi connectivity index (χ4n) is 4.02. The lowest BCUT2D eigenvalue weighted by Gasteiger charge is -2.14. The maximum atomic E-state index is 13.0. The number of rotatable bonds is 7. The molecule has 8 nitrogen and oxygen atoms in total. The van der Waals surface area contributed by atoms with Gasteiger partial charge in [-0.15, -0.1) is 0 Å². The van der Waals surface area contributed by atoms with Gasteiger partial charge in [0.05, 0.1) is 30.1 Å². The maximum absolute atomic E-state index is 13.0. The molecule has 2 heterocycles. The van der Waals surface area contributed by atoms with Crippen molar-refractivity contribution in [1.29, 1.82) is 0 Å². The highest BCUT2D eigenvalue weighted by molar-refractivity contribution is 7.71. The summed E-state index contributed by atoms with van der Waals surface area (Å²) in [5.74, 6) is -0.595. The van der Waals surface area contributed by atoms with Crippen LogP contribution >= 0.6 is 12.2 Å². The fraction of sp³-hybridized carbons (Fsp3) is 0.333. The average Bonchev–Trinajstić information content (AvgIpc) is 3.34. The Bertz CT molecular complexity index is 1290. The van der Waals surface area contributed by atoms with Crippen molar-refractivity contribution < 1.29 is 14.3 Å². The van der Waals surface area contributed by atoms with Crippen molar-refractivity contribution in [3.05, 3.63) is 74.3 Å². The Morgan fingerprint density at radius 1 is 1.09 bits per heavy atom. The summed E-state index contributed by atoms with van der Waals surface area (Å²) in [6.07, 6.45) is 2.46. The first-order valence-electron chi connectivity index (χ1n) is 10.9. The van der Waals surface area contributed by atoms with Crippen LogP contribution in [0.5, 0.6) is 0 Å². The van der Waals surface area contributed by atoms with E-state index >= 15 is 0 Å². The molecular formula is C24H26N4O4S. The molecule has 172 valence electrons. The highest BCUT2D eigenvalue weighted by Gasteiger charge is 2.13. The molecule has 2 aromatic carbocycles. The van der Waals surface area contributed by atoms with E-state index < -0.39 is 5.97 Å². The Morgan fingerprint density at radius 2 is 1.79 bits per heavy atom. The van der Waals surface area contributed by atoms with E-state index in [1.165, 1.54) is 24.5 Å². The summed E-state index contributed by atoms with van der Waals surface area (Å²) in [5, 5.41) is 3.38. The lowest BCUT2D eigenvalue weighted by molar-refractivity contribution is 0.0600. The van der Waals surface area contributed by atoms with Crippen molar-refractivity contribution in [2.45, 2.75) is 19.4 Å². The van der Waals surface area contributed by atoms with Crippen molar-refractivity contribution in [3.63, 3.8) is 0 Å². The first kappa shape index (κ1) is 22.9. The Morgan fingerprint density at radius 3 is 2.48 bits per heavy atom. The number of aromatic amines is 1. The molecule has 1 fully saturated rings. The van der Waals surface area contributed by atoms with Gasteiger partial charge in [-0.05, 0) is 74.0 Å². The number of likely N-dealkylation sites (tertiary alicyclic amines) is 1. The van der Waals surface area contributed by atoms with Gasteiger partial charge in [-0.1, -0.05) is 12.1 Å². The number of nitrogens with zero attached hydrogens (tertiary/aromatic N) is 2. The number of esters is 1. The smallest absolute Gasteiger partial charge is 0.337 e. The third-order valence-electron chi connectivity index (χ3n) is 5.87. The monoisotopic (exact) mass is 466 g/mol. The van der Waals surface area contributed by atoms with E-state index in [1.807, 2.05) is 12.1 Å². The van der Waals surface area contributed by atoms with Gasteiger partial charge in [0, 0.05) is 18.7 Å². The van der Waals surface area contributed by atoms with E-state index in [2.05, 4.69) is 15.2 Å². The van der Waals surface area contributed by atoms with Crippen LogP contribution in [0.3, 0.4) is 0 Å². The fourth-order valence-corrected chi connectivity index (χ4v) is 4.28. The van der Waals surface area contributed by atoms with Crippen molar-refractivity contribution in [1.82, 2.24) is 19.8 Å². The molecule has 0 radical (unpaired) electrons. The minimum Gasteiger partial charge on any atom is -0.465 e. The zero-order valence-corrected chi connectivity index (χ0v) is 19.2. The van der Waals surface area contributed by atoms with Crippen LogP contribution in [0.1, 0.15) is 39.1 Å². The third kappa shape index (κ3) is 5.20. The lowest BCUT2D eigenvalue weighted by Crippen LogP contribution is -2.33. The average molecular weight is 467 g/mol. The molecule has 1 aromatic heterocycles. The number of carbonyl (C=O) groups is 2. The topological polar surface area (TPSA) is 96.4 Å². The number of ether oxygens (including phenoxy) is 1. The molecule has 2 N–H and O–H groups in total. The van der Waals surface area contributed by atoms with Gasteiger partial charge in [-0.25, -0.2) is 4.79 Å². The summed E-state index contributed by atoms with van der Waals surface area (Å²) in [6, 6.07) is 11.8. The summed E-state index contributed by atoms with van der Waals surface area (Å²) in [6.45, 7) is 3.97. The molecule has 1 amide bonds. The number of benzene rings is 2. The quantitative estimate of drug-likeness (QED) is 0.411. The number of carbonyl (C=O) groups excluding carboxylic acids is 2. The number of hydrogen-bond donors (Lipinski definition) is 2. The number of methoxy groups -OCH3 is 1. The van der Waals surface area contributed by atoms with Gasteiger partial charge in [0.1, 0.15) is 0 Å². The Hall–Kier alpha value is -3.30. The second-order valence-corrected chi connectivity index (χ2v) is 8.46. The Balaban J connectivity index is 1.46. The number of fused-ring (bicyclic) bond motifs is 1. The van der Waals surface area contributed by atoms with E-state index in [-0.39, 0.29) is 22.8 Å². The number of hydrogen-bond acceptors (Lipinski definition) is 6. The molecule has 0 saturated carbocycles. The number of H-pyrrole nitrogens is 1. The van der Waals surface area contributed by atoms with Crippen LogP contribution in [0, 0.1) is 4.77 Å². The largest absolute Gasteiger partial charge is 0.465 e. The predicted molar refractivity (Wildman–Crippen MR) is 128 cm³/mol. The normalized spacial score (nSPS) is 13.8.